The van der Waals surface area contributed by atoms with Crippen molar-refractivity contribution in [3.63, 3.8) is 0 Å². The van der Waals surface area contributed by atoms with Gasteiger partial charge in [0.25, 0.3) is 5.91 Å². The van der Waals surface area contributed by atoms with Crippen molar-refractivity contribution in [2.24, 2.45) is 0 Å². The summed E-state index contributed by atoms with van der Waals surface area (Å²) >= 11 is 7.34. The molecule has 1 aliphatic rings. The minimum atomic E-state index is -0.154. The summed E-state index contributed by atoms with van der Waals surface area (Å²) in [4.78, 5) is 32.5. The van der Waals surface area contributed by atoms with Crippen LogP contribution in [0.3, 0.4) is 0 Å². The fourth-order valence-corrected chi connectivity index (χ4v) is 5.08. The Morgan fingerprint density at radius 2 is 1.75 bits per heavy atom. The first-order chi connectivity index (χ1) is 15.6. The first kappa shape index (κ1) is 20.7. The molecule has 1 saturated heterocycles. The number of nitrogens with zero attached hydrogens (tertiary/aromatic N) is 5. The van der Waals surface area contributed by atoms with E-state index in [1.807, 2.05) is 31.3 Å². The number of hydrogen-bond donors (Lipinski definition) is 1. The number of carbonyl (C=O) groups is 1. The van der Waals surface area contributed by atoms with Crippen LogP contribution in [-0.4, -0.2) is 47.0 Å². The van der Waals surface area contributed by atoms with Crippen LogP contribution in [0, 0.1) is 6.92 Å². The van der Waals surface area contributed by atoms with Gasteiger partial charge >= 0.3 is 0 Å². The second-order valence-electron chi connectivity index (χ2n) is 7.56. The molecule has 1 amide bonds. The van der Waals surface area contributed by atoms with E-state index >= 15 is 0 Å². The molecule has 1 aliphatic heterocycles. The first-order valence-electron chi connectivity index (χ1n) is 10.3. The molecular weight excluding hydrogens is 444 g/mol. The quantitative estimate of drug-likeness (QED) is 0.474. The highest BCUT2D eigenvalue weighted by Gasteiger charge is 2.25. The molecular formula is C23H21ClN6OS. The summed E-state index contributed by atoms with van der Waals surface area (Å²) in [5.41, 5.74) is 1.60. The van der Waals surface area contributed by atoms with E-state index in [2.05, 4.69) is 30.1 Å². The number of fused-ring (bicyclic) bond motifs is 1. The van der Waals surface area contributed by atoms with Gasteiger partial charge in [0.15, 0.2) is 0 Å². The molecule has 5 rings (SSSR count). The van der Waals surface area contributed by atoms with Crippen LogP contribution in [0.1, 0.15) is 15.2 Å². The number of aromatic nitrogens is 3. The van der Waals surface area contributed by atoms with Crippen molar-refractivity contribution in [2.75, 3.05) is 41.3 Å². The lowest BCUT2D eigenvalue weighted by Gasteiger charge is -2.36. The average Bonchev–Trinajstić information content (AvgIpc) is 3.18. The van der Waals surface area contributed by atoms with Gasteiger partial charge in [-0.25, -0.2) is 15.0 Å². The molecule has 162 valence electrons. The van der Waals surface area contributed by atoms with Crippen molar-refractivity contribution in [3.05, 3.63) is 70.5 Å². The molecule has 0 saturated carbocycles. The Labute approximate surface area is 194 Å². The molecule has 1 N–H and O–H groups in total. The summed E-state index contributed by atoms with van der Waals surface area (Å²) in [5, 5.41) is 4.53. The van der Waals surface area contributed by atoms with E-state index in [-0.39, 0.29) is 5.91 Å². The third kappa shape index (κ3) is 3.99. The molecule has 4 aromatic rings. The summed E-state index contributed by atoms with van der Waals surface area (Å²) in [6.45, 7) is 5.33. The van der Waals surface area contributed by atoms with E-state index < -0.39 is 0 Å². The SMILES string of the molecule is Cc1c(C(=O)Nc2ccc(Cl)cc2)sc2ncnc(N3CCN(c4ccccn4)CC3)c12. The number of carbonyl (C=O) groups excluding carboxylic acids is 1. The highest BCUT2D eigenvalue weighted by molar-refractivity contribution is 7.20. The number of halogens is 1. The number of anilines is 3. The van der Waals surface area contributed by atoms with Crippen molar-refractivity contribution in [3.8, 4) is 0 Å². The molecule has 0 aliphatic carbocycles. The Kier molecular flexibility index (Phi) is 5.63. The van der Waals surface area contributed by atoms with Gasteiger partial charge in [0, 0.05) is 43.1 Å². The molecule has 7 nitrogen and oxygen atoms in total. The molecule has 3 aromatic heterocycles. The van der Waals surface area contributed by atoms with E-state index in [4.69, 9.17) is 11.6 Å². The Balaban J connectivity index is 1.39. The van der Waals surface area contributed by atoms with E-state index in [1.54, 1.807) is 30.6 Å². The van der Waals surface area contributed by atoms with Crippen molar-refractivity contribution in [2.45, 2.75) is 6.92 Å². The monoisotopic (exact) mass is 464 g/mol. The minimum absolute atomic E-state index is 0.154. The third-order valence-electron chi connectivity index (χ3n) is 5.57. The van der Waals surface area contributed by atoms with Crippen LogP contribution in [0.15, 0.2) is 55.0 Å². The molecule has 0 atom stereocenters. The second-order valence-corrected chi connectivity index (χ2v) is 8.99. The van der Waals surface area contributed by atoms with E-state index in [9.17, 15) is 4.79 Å². The van der Waals surface area contributed by atoms with Gasteiger partial charge in [0.2, 0.25) is 0 Å². The molecule has 0 radical (unpaired) electrons. The van der Waals surface area contributed by atoms with Crippen LogP contribution in [0.25, 0.3) is 10.2 Å². The summed E-state index contributed by atoms with van der Waals surface area (Å²) in [5.74, 6) is 1.72. The highest BCUT2D eigenvalue weighted by atomic mass is 35.5. The zero-order valence-electron chi connectivity index (χ0n) is 17.5. The number of piperazine rings is 1. The lowest BCUT2D eigenvalue weighted by atomic mass is 10.1. The van der Waals surface area contributed by atoms with Crippen LogP contribution in [-0.2, 0) is 0 Å². The number of thiophene rings is 1. The lowest BCUT2D eigenvalue weighted by molar-refractivity contribution is 0.103. The van der Waals surface area contributed by atoms with Crippen LogP contribution in [0.2, 0.25) is 5.02 Å². The average molecular weight is 465 g/mol. The van der Waals surface area contributed by atoms with Gasteiger partial charge in [-0.05, 0) is 48.9 Å². The molecule has 1 fully saturated rings. The normalized spacial score (nSPS) is 14.1. The summed E-state index contributed by atoms with van der Waals surface area (Å²) < 4.78 is 0. The van der Waals surface area contributed by atoms with Crippen LogP contribution in [0.5, 0.6) is 0 Å². The predicted molar refractivity (Wildman–Crippen MR) is 130 cm³/mol. The van der Waals surface area contributed by atoms with Crippen LogP contribution < -0.4 is 15.1 Å². The second kappa shape index (κ2) is 8.72. The molecule has 1 aromatic carbocycles. The fraction of sp³-hybridized carbons (Fsp3) is 0.217. The summed E-state index contributed by atoms with van der Waals surface area (Å²) in [6.07, 6.45) is 3.40. The maximum Gasteiger partial charge on any atom is 0.266 e. The Bertz CT molecular complexity index is 1250. The van der Waals surface area contributed by atoms with E-state index in [0.29, 0.717) is 15.6 Å². The predicted octanol–water partition coefficient (Wildman–Crippen LogP) is 4.63. The van der Waals surface area contributed by atoms with E-state index in [1.165, 1.54) is 11.3 Å². The van der Waals surface area contributed by atoms with Gasteiger partial charge < -0.3 is 15.1 Å². The van der Waals surface area contributed by atoms with Gasteiger partial charge in [0.05, 0.1) is 10.3 Å². The molecule has 32 heavy (non-hydrogen) atoms. The zero-order valence-corrected chi connectivity index (χ0v) is 19.0. The fourth-order valence-electron chi connectivity index (χ4n) is 3.92. The topological polar surface area (TPSA) is 74.2 Å². The number of aryl methyl sites for hydroxylation is 1. The largest absolute Gasteiger partial charge is 0.353 e. The van der Waals surface area contributed by atoms with Crippen molar-refractivity contribution >= 4 is 56.4 Å². The van der Waals surface area contributed by atoms with Gasteiger partial charge in [-0.1, -0.05) is 17.7 Å². The maximum atomic E-state index is 13.0. The Morgan fingerprint density at radius 1 is 1.00 bits per heavy atom. The van der Waals surface area contributed by atoms with Crippen molar-refractivity contribution in [1.29, 1.82) is 0 Å². The smallest absolute Gasteiger partial charge is 0.266 e. The Hall–Kier alpha value is -3.23. The molecule has 0 unspecified atom stereocenters. The standard InChI is InChI=1S/C23H21ClN6OS/c1-15-19-21(30-12-10-29(11-13-30)18-4-2-3-9-25-18)26-14-27-23(19)32-20(15)22(31)28-17-7-5-16(24)6-8-17/h2-9,14H,10-13H2,1H3,(H,28,31). The lowest BCUT2D eigenvalue weighted by Crippen LogP contribution is -2.47. The molecule has 9 heteroatoms. The van der Waals surface area contributed by atoms with Gasteiger partial charge in [-0.2, -0.15) is 0 Å². The summed E-state index contributed by atoms with van der Waals surface area (Å²) in [7, 11) is 0. The first-order valence-corrected chi connectivity index (χ1v) is 11.5. The van der Waals surface area contributed by atoms with Gasteiger partial charge in [-0.15, -0.1) is 11.3 Å². The number of benzene rings is 1. The number of amides is 1. The Morgan fingerprint density at radius 3 is 2.47 bits per heavy atom. The number of rotatable bonds is 4. The van der Waals surface area contributed by atoms with E-state index in [0.717, 1.165) is 53.6 Å². The van der Waals surface area contributed by atoms with Gasteiger partial charge in [0.1, 0.15) is 22.8 Å². The van der Waals surface area contributed by atoms with Gasteiger partial charge in [-0.3, -0.25) is 4.79 Å². The van der Waals surface area contributed by atoms with Crippen molar-refractivity contribution in [1.82, 2.24) is 15.0 Å². The molecule has 0 spiro atoms. The maximum absolute atomic E-state index is 13.0. The summed E-state index contributed by atoms with van der Waals surface area (Å²) in [6, 6.07) is 13.1. The van der Waals surface area contributed by atoms with Crippen LogP contribution >= 0.6 is 22.9 Å². The third-order valence-corrected chi connectivity index (χ3v) is 7.02. The highest BCUT2D eigenvalue weighted by Crippen LogP contribution is 2.35. The zero-order chi connectivity index (χ0) is 22.1. The van der Waals surface area contributed by atoms with Crippen molar-refractivity contribution < 1.29 is 4.79 Å². The van der Waals surface area contributed by atoms with Crippen LogP contribution in [0.4, 0.5) is 17.3 Å². The number of hydrogen-bond acceptors (Lipinski definition) is 7. The molecule has 0 bridgehead atoms. The number of pyridine rings is 1. The molecule has 4 heterocycles. The minimum Gasteiger partial charge on any atom is -0.353 e. The number of nitrogens with one attached hydrogen (secondary N) is 1.